The van der Waals surface area contributed by atoms with Crippen LogP contribution in [0.25, 0.3) is 5.57 Å². The largest absolute Gasteiger partial charge is 0.380 e. The van der Waals surface area contributed by atoms with Gasteiger partial charge in [0.05, 0.1) is 24.7 Å². The van der Waals surface area contributed by atoms with E-state index in [-0.39, 0.29) is 41.2 Å². The lowest BCUT2D eigenvalue weighted by molar-refractivity contribution is -0.113. The van der Waals surface area contributed by atoms with E-state index in [1.54, 1.807) is 17.7 Å². The second kappa shape index (κ2) is 11.9. The Balaban J connectivity index is 1.28. The fourth-order valence-electron chi connectivity index (χ4n) is 6.19. The Morgan fingerprint density at radius 2 is 1.84 bits per heavy atom. The van der Waals surface area contributed by atoms with E-state index >= 15 is 0 Å². The van der Waals surface area contributed by atoms with Gasteiger partial charge in [0, 0.05) is 38.0 Å². The fraction of sp³-hybridized carbons (Fsp3) is 0.500. The number of likely N-dealkylation sites (tertiary alicyclic amines) is 1. The van der Waals surface area contributed by atoms with Crippen LogP contribution in [0.4, 0.5) is 13.2 Å². The number of aromatic nitrogens is 1. The number of halogens is 3. The van der Waals surface area contributed by atoms with E-state index in [1.807, 2.05) is 32.2 Å². The highest BCUT2D eigenvalue weighted by molar-refractivity contribution is 6.00. The molecule has 1 aliphatic heterocycles. The third kappa shape index (κ3) is 6.94. The van der Waals surface area contributed by atoms with Gasteiger partial charge in [0.1, 0.15) is 11.4 Å². The molecule has 3 aliphatic carbocycles. The van der Waals surface area contributed by atoms with E-state index in [0.717, 1.165) is 47.8 Å². The number of hydrogen-bond donors (Lipinski definition) is 2. The Hall–Kier alpha value is -3.70. The van der Waals surface area contributed by atoms with Crippen molar-refractivity contribution < 1.29 is 27.5 Å². The molecule has 2 heterocycles. The minimum atomic E-state index is -2.95. The smallest absolute Gasteiger partial charge is 0.282 e. The summed E-state index contributed by atoms with van der Waals surface area (Å²) in [5.74, 6) is -4.48. The predicted molar refractivity (Wildman–Crippen MR) is 164 cm³/mol. The summed E-state index contributed by atoms with van der Waals surface area (Å²) in [6.45, 7) is 3.46. The van der Waals surface area contributed by atoms with Gasteiger partial charge in [0.2, 0.25) is 0 Å². The van der Waals surface area contributed by atoms with Gasteiger partial charge in [-0.3, -0.25) is 14.4 Å². The van der Waals surface area contributed by atoms with Gasteiger partial charge in [-0.2, -0.15) is 0 Å². The lowest BCUT2D eigenvalue weighted by Gasteiger charge is -2.39. The zero-order valence-electron chi connectivity index (χ0n) is 25.8. The summed E-state index contributed by atoms with van der Waals surface area (Å²) in [7, 11) is 1.64. The van der Waals surface area contributed by atoms with Crippen LogP contribution in [0.3, 0.4) is 0 Å². The van der Waals surface area contributed by atoms with Crippen molar-refractivity contribution in [1.29, 1.82) is 0 Å². The number of pyridine rings is 1. The Morgan fingerprint density at radius 3 is 2.49 bits per heavy atom. The first-order chi connectivity index (χ1) is 21.3. The van der Waals surface area contributed by atoms with Crippen LogP contribution in [-0.2, 0) is 11.3 Å². The standard InChI is InChI=1S/C34H39F3N4O4/c1-20(45-3)15-38-16-21-10-29(32(44)41(17-21)26-7-8-26)30(42)39-33(2)13-23(22-4-5-22)11-24(14-33)27-9-6-25(35)12-28(27)31(43)40-18-34(36,37)19-40/h6,9-13,17,20,22,26,38H,4-5,7-8,14-16,18-19H2,1-3H3,(H,39,42)/t20-,33?/m0/s1. The van der Waals surface area contributed by atoms with Crippen LogP contribution in [0.5, 0.6) is 0 Å². The van der Waals surface area contributed by atoms with Crippen molar-refractivity contribution >= 4 is 17.4 Å². The zero-order chi connectivity index (χ0) is 32.1. The lowest BCUT2D eigenvalue weighted by Crippen LogP contribution is -2.58. The summed E-state index contributed by atoms with van der Waals surface area (Å²) in [5.41, 5.74) is 1.71. The SMILES string of the molecule is CO[C@@H](C)CNCc1cc(C(=O)NC2(C)C=C(C3CC3)C=C(c3ccc(F)cc3C(=O)N3CC(F)(F)C3)C2)c(=O)n(C2CC2)c1. The highest BCUT2D eigenvalue weighted by Crippen LogP contribution is 2.44. The van der Waals surface area contributed by atoms with E-state index < -0.39 is 42.2 Å². The molecule has 4 aliphatic rings. The minimum Gasteiger partial charge on any atom is -0.380 e. The van der Waals surface area contributed by atoms with E-state index in [9.17, 15) is 27.6 Å². The molecule has 1 unspecified atom stereocenters. The molecule has 1 aromatic heterocycles. The van der Waals surface area contributed by atoms with Crippen molar-refractivity contribution in [3.05, 3.63) is 86.6 Å². The predicted octanol–water partition coefficient (Wildman–Crippen LogP) is 4.85. The molecule has 1 saturated heterocycles. The molecule has 2 N–H and O–H groups in total. The number of methoxy groups -OCH3 is 1. The van der Waals surface area contributed by atoms with Crippen LogP contribution in [0.1, 0.15) is 83.8 Å². The molecule has 11 heteroatoms. The molecular formula is C34H39F3N4O4. The minimum absolute atomic E-state index is 0.00632. The average molecular weight is 625 g/mol. The lowest BCUT2D eigenvalue weighted by atomic mass is 9.79. The molecule has 6 rings (SSSR count). The van der Waals surface area contributed by atoms with Crippen molar-refractivity contribution in [3.8, 4) is 0 Å². The van der Waals surface area contributed by atoms with Crippen LogP contribution in [0.15, 0.2) is 53.0 Å². The summed E-state index contributed by atoms with van der Waals surface area (Å²) in [6, 6.07) is 5.54. The molecule has 2 aromatic rings. The number of carbonyl (C=O) groups excluding carboxylic acids is 2. The van der Waals surface area contributed by atoms with Gasteiger partial charge in [0.25, 0.3) is 23.3 Å². The number of nitrogens with one attached hydrogen (secondary N) is 2. The van der Waals surface area contributed by atoms with Gasteiger partial charge < -0.3 is 24.8 Å². The normalized spacial score (nSPS) is 23.1. The van der Waals surface area contributed by atoms with E-state index in [1.165, 1.54) is 12.1 Å². The summed E-state index contributed by atoms with van der Waals surface area (Å²) in [6.07, 6.45) is 9.75. The number of allylic oxidation sites excluding steroid dienone is 2. The van der Waals surface area contributed by atoms with E-state index in [2.05, 4.69) is 10.6 Å². The first kappa shape index (κ1) is 31.3. The fourth-order valence-corrected chi connectivity index (χ4v) is 6.19. The quantitative estimate of drug-likeness (QED) is 0.373. The van der Waals surface area contributed by atoms with Crippen LogP contribution in [0.2, 0.25) is 0 Å². The molecule has 2 amide bonds. The first-order valence-electron chi connectivity index (χ1n) is 15.6. The number of nitrogens with zero attached hydrogens (tertiary/aromatic N) is 2. The molecule has 0 spiro atoms. The second-order valence-corrected chi connectivity index (χ2v) is 13.2. The van der Waals surface area contributed by atoms with Crippen molar-refractivity contribution in [2.75, 3.05) is 26.7 Å². The van der Waals surface area contributed by atoms with Crippen LogP contribution in [-0.4, -0.2) is 65.6 Å². The highest BCUT2D eigenvalue weighted by atomic mass is 19.3. The Bertz CT molecular complexity index is 1630. The maximum atomic E-state index is 14.4. The Labute approximate surface area is 260 Å². The molecule has 0 bridgehead atoms. The number of hydrogen-bond acceptors (Lipinski definition) is 5. The monoisotopic (exact) mass is 624 g/mol. The van der Waals surface area contributed by atoms with Gasteiger partial charge >= 0.3 is 0 Å². The van der Waals surface area contributed by atoms with Crippen molar-refractivity contribution in [3.63, 3.8) is 0 Å². The summed E-state index contributed by atoms with van der Waals surface area (Å²) in [4.78, 5) is 41.6. The summed E-state index contributed by atoms with van der Waals surface area (Å²) < 4.78 is 48.5. The van der Waals surface area contributed by atoms with Crippen molar-refractivity contribution in [1.82, 2.24) is 20.1 Å². The Morgan fingerprint density at radius 1 is 1.11 bits per heavy atom. The Kier molecular flexibility index (Phi) is 8.28. The molecule has 8 nitrogen and oxygen atoms in total. The molecule has 0 radical (unpaired) electrons. The van der Waals surface area contributed by atoms with Gasteiger partial charge in [-0.05, 0) is 92.3 Å². The van der Waals surface area contributed by atoms with E-state index in [0.29, 0.717) is 24.2 Å². The number of benzene rings is 1. The van der Waals surface area contributed by atoms with Crippen LogP contribution in [0, 0.1) is 11.7 Å². The first-order valence-corrected chi connectivity index (χ1v) is 15.6. The maximum Gasteiger partial charge on any atom is 0.282 e. The zero-order valence-corrected chi connectivity index (χ0v) is 25.8. The topological polar surface area (TPSA) is 92.7 Å². The van der Waals surface area contributed by atoms with Crippen molar-refractivity contribution in [2.24, 2.45) is 5.92 Å². The molecule has 2 atom stereocenters. The molecular weight excluding hydrogens is 585 g/mol. The van der Waals surface area contributed by atoms with Gasteiger partial charge in [-0.15, -0.1) is 0 Å². The number of amides is 2. The molecule has 240 valence electrons. The number of alkyl halides is 2. The number of rotatable bonds is 11. The third-order valence-corrected chi connectivity index (χ3v) is 8.97. The summed E-state index contributed by atoms with van der Waals surface area (Å²) >= 11 is 0. The van der Waals surface area contributed by atoms with Crippen molar-refractivity contribution in [2.45, 2.75) is 76.1 Å². The second-order valence-electron chi connectivity index (χ2n) is 13.2. The molecule has 45 heavy (non-hydrogen) atoms. The van der Waals surface area contributed by atoms with Crippen LogP contribution < -0.4 is 16.2 Å². The summed E-state index contributed by atoms with van der Waals surface area (Å²) in [5, 5.41) is 6.41. The molecule has 1 aromatic carbocycles. The molecule has 2 saturated carbocycles. The average Bonchev–Trinajstić information content (AvgIpc) is 3.89. The van der Waals surface area contributed by atoms with E-state index in [4.69, 9.17) is 4.74 Å². The van der Waals surface area contributed by atoms with Crippen LogP contribution >= 0.6 is 0 Å². The maximum absolute atomic E-state index is 14.4. The highest BCUT2D eigenvalue weighted by Gasteiger charge is 2.47. The van der Waals surface area contributed by atoms with Gasteiger partial charge in [-0.1, -0.05) is 18.2 Å². The number of carbonyl (C=O) groups is 2. The van der Waals surface area contributed by atoms with Gasteiger partial charge in [0.15, 0.2) is 0 Å². The third-order valence-electron chi connectivity index (χ3n) is 8.97. The molecule has 3 fully saturated rings. The number of ether oxygens (including phenoxy) is 1. The van der Waals surface area contributed by atoms with Gasteiger partial charge in [-0.25, -0.2) is 13.2 Å².